The summed E-state index contributed by atoms with van der Waals surface area (Å²) in [5.41, 5.74) is 2.14. The summed E-state index contributed by atoms with van der Waals surface area (Å²) >= 11 is 0. The van der Waals surface area contributed by atoms with E-state index in [-0.39, 0.29) is 18.0 Å². The van der Waals surface area contributed by atoms with Crippen LogP contribution in [0.1, 0.15) is 17.2 Å². The van der Waals surface area contributed by atoms with Crippen LogP contribution < -0.4 is 0 Å². The molecule has 4 atom stereocenters. The monoisotopic (exact) mass is 328 g/mol. The lowest BCUT2D eigenvalue weighted by molar-refractivity contribution is -0.128. The van der Waals surface area contributed by atoms with Crippen molar-refractivity contribution >= 4 is 16.9 Å². The van der Waals surface area contributed by atoms with Crippen LogP contribution in [-0.4, -0.2) is 39.5 Å². The van der Waals surface area contributed by atoms with Crippen LogP contribution in [-0.2, 0) is 15.8 Å². The summed E-state index contributed by atoms with van der Waals surface area (Å²) in [6.07, 6.45) is 0. The molecule has 2 aromatic rings. The third-order valence-corrected chi connectivity index (χ3v) is 5.52. The lowest BCUT2D eigenvalue weighted by atomic mass is 10.1. The Morgan fingerprint density at radius 1 is 1.04 bits per heavy atom. The molecule has 0 aliphatic carbocycles. The molecule has 0 N–H and O–H groups in total. The summed E-state index contributed by atoms with van der Waals surface area (Å²) in [6, 6.07) is 16.9. The van der Waals surface area contributed by atoms with E-state index >= 15 is 0 Å². The molecule has 0 radical (unpaired) electrons. The highest BCUT2D eigenvalue weighted by atomic mass is 32.2. The zero-order valence-corrected chi connectivity index (χ0v) is 14.3. The van der Waals surface area contributed by atoms with E-state index < -0.39 is 11.0 Å². The molecule has 1 aliphatic heterocycles. The molecule has 2 aromatic carbocycles. The van der Waals surface area contributed by atoms with Crippen molar-refractivity contribution in [1.82, 2.24) is 9.21 Å². The van der Waals surface area contributed by atoms with Gasteiger partial charge in [-0.1, -0.05) is 48.0 Å². The minimum atomic E-state index is -1.34. The Labute approximate surface area is 139 Å². The number of carbonyl (C=O) groups excluding carboxylic acids is 1. The maximum Gasteiger partial charge on any atom is 0.242 e. The van der Waals surface area contributed by atoms with Gasteiger partial charge in [-0.2, -0.15) is 4.31 Å². The molecule has 23 heavy (non-hydrogen) atoms. The number of carbonyl (C=O) groups is 1. The van der Waals surface area contributed by atoms with Gasteiger partial charge in [0.1, 0.15) is 17.0 Å². The van der Waals surface area contributed by atoms with Gasteiger partial charge in [0.15, 0.2) is 0 Å². The first-order valence-corrected chi connectivity index (χ1v) is 8.64. The first kappa shape index (κ1) is 15.9. The highest BCUT2D eigenvalue weighted by Gasteiger charge is 2.57. The van der Waals surface area contributed by atoms with E-state index in [1.807, 2.05) is 61.5 Å². The Hall–Kier alpha value is -1.98. The fourth-order valence-corrected chi connectivity index (χ4v) is 4.09. The zero-order valence-electron chi connectivity index (χ0n) is 13.5. The number of aryl methyl sites for hydroxylation is 1. The molecule has 1 fully saturated rings. The van der Waals surface area contributed by atoms with Crippen molar-refractivity contribution < 1.29 is 9.00 Å². The minimum Gasteiger partial charge on any atom is -0.347 e. The van der Waals surface area contributed by atoms with Crippen molar-refractivity contribution in [3.63, 3.8) is 0 Å². The van der Waals surface area contributed by atoms with Gasteiger partial charge >= 0.3 is 0 Å². The Bertz CT molecular complexity index is 728. The van der Waals surface area contributed by atoms with Crippen molar-refractivity contribution in [2.75, 3.05) is 14.1 Å². The zero-order chi connectivity index (χ0) is 16.6. The molecule has 0 aromatic heterocycles. The molecule has 4 unspecified atom stereocenters. The van der Waals surface area contributed by atoms with Gasteiger partial charge in [0.2, 0.25) is 5.91 Å². The van der Waals surface area contributed by atoms with Gasteiger partial charge in [0, 0.05) is 14.1 Å². The molecule has 0 spiro atoms. The second-order valence-electron chi connectivity index (χ2n) is 5.96. The molecule has 120 valence electrons. The van der Waals surface area contributed by atoms with Crippen molar-refractivity contribution in [2.24, 2.45) is 0 Å². The van der Waals surface area contributed by atoms with Crippen LogP contribution >= 0.6 is 0 Å². The van der Waals surface area contributed by atoms with Gasteiger partial charge in [-0.15, -0.1) is 0 Å². The van der Waals surface area contributed by atoms with E-state index in [0.29, 0.717) is 0 Å². The van der Waals surface area contributed by atoms with Gasteiger partial charge < -0.3 is 4.90 Å². The Morgan fingerprint density at radius 2 is 1.65 bits per heavy atom. The van der Waals surface area contributed by atoms with Crippen LogP contribution in [0.4, 0.5) is 0 Å². The quantitative estimate of drug-likeness (QED) is 0.809. The van der Waals surface area contributed by atoms with Crippen molar-refractivity contribution in [2.45, 2.75) is 23.9 Å². The van der Waals surface area contributed by atoms with E-state index in [2.05, 4.69) is 0 Å². The predicted octanol–water partition coefficient (Wildman–Crippen LogP) is 2.53. The average Bonchev–Trinajstić information content (AvgIpc) is 3.30. The second-order valence-corrected chi connectivity index (χ2v) is 7.35. The van der Waals surface area contributed by atoms with Gasteiger partial charge in [-0.05, 0) is 24.6 Å². The Balaban J connectivity index is 1.90. The van der Waals surface area contributed by atoms with E-state index in [1.54, 1.807) is 23.3 Å². The van der Waals surface area contributed by atoms with Crippen LogP contribution in [0.15, 0.2) is 59.5 Å². The van der Waals surface area contributed by atoms with E-state index in [0.717, 1.165) is 16.0 Å². The summed E-state index contributed by atoms with van der Waals surface area (Å²) in [5.74, 6) is -0.0145. The van der Waals surface area contributed by atoms with Crippen molar-refractivity contribution in [1.29, 1.82) is 0 Å². The van der Waals surface area contributed by atoms with E-state index in [4.69, 9.17) is 0 Å². The first-order chi connectivity index (χ1) is 11.0. The first-order valence-electron chi connectivity index (χ1n) is 7.53. The molecule has 5 heteroatoms. The summed E-state index contributed by atoms with van der Waals surface area (Å²) in [5, 5.41) is 0. The highest BCUT2D eigenvalue weighted by molar-refractivity contribution is 7.83. The molecule has 4 nitrogen and oxygen atoms in total. The molecular formula is C18H20N2O2S. The van der Waals surface area contributed by atoms with Crippen LogP contribution in [0.3, 0.4) is 0 Å². The molecule has 0 bridgehead atoms. The molecule has 1 amide bonds. The van der Waals surface area contributed by atoms with Crippen molar-refractivity contribution in [3.8, 4) is 0 Å². The summed E-state index contributed by atoms with van der Waals surface area (Å²) in [6.45, 7) is 2.00. The second kappa shape index (κ2) is 6.26. The Morgan fingerprint density at radius 3 is 2.22 bits per heavy atom. The van der Waals surface area contributed by atoms with Crippen LogP contribution in [0.2, 0.25) is 0 Å². The van der Waals surface area contributed by atoms with E-state index in [1.165, 1.54) is 0 Å². The maximum atomic E-state index is 12.9. The van der Waals surface area contributed by atoms with Gasteiger partial charge in [-0.25, -0.2) is 4.21 Å². The summed E-state index contributed by atoms with van der Waals surface area (Å²) in [4.78, 5) is 14.7. The largest absolute Gasteiger partial charge is 0.347 e. The van der Waals surface area contributed by atoms with Gasteiger partial charge in [-0.3, -0.25) is 4.79 Å². The normalized spacial score (nSPS) is 24.0. The summed E-state index contributed by atoms with van der Waals surface area (Å²) in [7, 11) is 2.12. The number of amides is 1. The number of rotatable bonds is 4. The van der Waals surface area contributed by atoms with Gasteiger partial charge in [0.05, 0.1) is 10.9 Å². The maximum absolute atomic E-state index is 12.9. The number of hydrogen-bond acceptors (Lipinski definition) is 2. The fraction of sp³-hybridized carbons (Fsp3) is 0.278. The standard InChI is InChI=1S/C18H20N2O2S/c1-13-9-11-15(12-10-13)23(22)20-16(14-7-5-4-6-8-14)17(20)18(21)19(2)3/h4-12,16-17H,1-3H3. The topological polar surface area (TPSA) is 40.4 Å². The molecular weight excluding hydrogens is 308 g/mol. The summed E-state index contributed by atoms with van der Waals surface area (Å²) < 4.78 is 14.7. The van der Waals surface area contributed by atoms with Crippen LogP contribution in [0.25, 0.3) is 0 Å². The lowest BCUT2D eigenvalue weighted by Gasteiger charge is -2.09. The third kappa shape index (κ3) is 3.07. The number of likely N-dealkylation sites (N-methyl/N-ethyl adjacent to an activating group) is 1. The van der Waals surface area contributed by atoms with Gasteiger partial charge in [0.25, 0.3) is 0 Å². The molecule has 3 rings (SSSR count). The minimum absolute atomic E-state index is 0.0145. The molecule has 1 heterocycles. The highest BCUT2D eigenvalue weighted by Crippen LogP contribution is 2.46. The molecule has 1 saturated heterocycles. The smallest absolute Gasteiger partial charge is 0.242 e. The van der Waals surface area contributed by atoms with Crippen molar-refractivity contribution in [3.05, 3.63) is 65.7 Å². The number of hydrogen-bond donors (Lipinski definition) is 0. The number of benzene rings is 2. The average molecular weight is 328 g/mol. The van der Waals surface area contributed by atoms with E-state index in [9.17, 15) is 9.00 Å². The van der Waals surface area contributed by atoms with Crippen LogP contribution in [0.5, 0.6) is 0 Å². The SMILES string of the molecule is Cc1ccc(S(=O)N2C(C(=O)N(C)C)C2c2ccccc2)cc1. The lowest BCUT2D eigenvalue weighted by Crippen LogP contribution is -2.29. The predicted molar refractivity (Wildman–Crippen MR) is 91.1 cm³/mol. The molecule has 1 aliphatic rings. The number of nitrogens with zero attached hydrogens (tertiary/aromatic N) is 2. The van der Waals surface area contributed by atoms with Crippen LogP contribution in [0, 0.1) is 6.92 Å². The fourth-order valence-electron chi connectivity index (χ4n) is 2.68. The molecule has 0 saturated carbocycles. The Kier molecular flexibility index (Phi) is 4.33. The third-order valence-electron chi connectivity index (χ3n) is 4.01.